The molecule has 1 aliphatic rings. The van der Waals surface area contributed by atoms with Crippen LogP contribution >= 0.6 is 12.2 Å². The molecular weight excluding hydrogens is 404 g/mol. The molecule has 1 fully saturated rings. The summed E-state index contributed by atoms with van der Waals surface area (Å²) in [5, 5.41) is 7.21. The highest BCUT2D eigenvalue weighted by Gasteiger charge is 2.24. The van der Waals surface area contributed by atoms with Crippen molar-refractivity contribution in [2.75, 3.05) is 13.1 Å². The highest BCUT2D eigenvalue weighted by Crippen LogP contribution is 2.24. The first-order valence-corrected chi connectivity index (χ1v) is 11.5. The van der Waals surface area contributed by atoms with Crippen LogP contribution in [0, 0.1) is 24.5 Å². The van der Waals surface area contributed by atoms with Gasteiger partial charge >= 0.3 is 0 Å². The maximum Gasteiger partial charge on any atom is 0.242 e. The normalized spacial score (nSPS) is 14.7. The van der Waals surface area contributed by atoms with Crippen LogP contribution in [0.3, 0.4) is 0 Å². The van der Waals surface area contributed by atoms with Crippen LogP contribution < -0.4 is 0 Å². The molecule has 162 valence electrons. The Morgan fingerprint density at radius 2 is 1.65 bits per heavy atom. The predicted octanol–water partition coefficient (Wildman–Crippen LogP) is 5.10. The Balaban J connectivity index is 1.32. The third kappa shape index (κ3) is 5.31. The number of aryl methyl sites for hydroxylation is 3. The molecule has 0 aliphatic carbocycles. The Morgan fingerprint density at radius 1 is 1.03 bits per heavy atom. The van der Waals surface area contributed by atoms with E-state index in [1.54, 1.807) is 0 Å². The SMILES string of the molecule is Cc1ccc(CCC2CCN(C(=O)Cn3c(-c4ccc(C)cc4)n[nH]c3=S)CC2)cc1. The molecule has 4 rings (SSSR count). The van der Waals surface area contributed by atoms with Gasteiger partial charge in [-0.05, 0) is 63.2 Å². The minimum Gasteiger partial charge on any atom is -0.341 e. The van der Waals surface area contributed by atoms with Gasteiger partial charge in [-0.1, -0.05) is 59.7 Å². The van der Waals surface area contributed by atoms with E-state index in [1.165, 1.54) is 23.1 Å². The number of rotatable bonds is 6. The zero-order valence-electron chi connectivity index (χ0n) is 18.3. The number of hydrogen-bond donors (Lipinski definition) is 1. The summed E-state index contributed by atoms with van der Waals surface area (Å²) in [6.07, 6.45) is 4.44. The predicted molar refractivity (Wildman–Crippen MR) is 126 cm³/mol. The lowest BCUT2D eigenvalue weighted by molar-refractivity contribution is -0.133. The molecule has 0 bridgehead atoms. The van der Waals surface area contributed by atoms with Crippen LogP contribution in [-0.2, 0) is 17.8 Å². The van der Waals surface area contributed by atoms with Gasteiger partial charge in [-0.25, -0.2) is 0 Å². The molecule has 2 aromatic carbocycles. The summed E-state index contributed by atoms with van der Waals surface area (Å²) in [4.78, 5) is 15.0. The lowest BCUT2D eigenvalue weighted by Crippen LogP contribution is -2.40. The van der Waals surface area contributed by atoms with Crippen LogP contribution in [0.4, 0.5) is 0 Å². The molecule has 0 unspecified atom stereocenters. The number of likely N-dealkylation sites (tertiary alicyclic amines) is 1. The molecular formula is C25H30N4OS. The molecule has 2 heterocycles. The second-order valence-electron chi connectivity index (χ2n) is 8.65. The van der Waals surface area contributed by atoms with Crippen molar-refractivity contribution < 1.29 is 4.79 Å². The lowest BCUT2D eigenvalue weighted by atomic mass is 9.90. The number of hydrogen-bond acceptors (Lipinski definition) is 3. The summed E-state index contributed by atoms with van der Waals surface area (Å²) in [6, 6.07) is 16.9. The van der Waals surface area contributed by atoms with Gasteiger partial charge in [0.05, 0.1) is 0 Å². The minimum absolute atomic E-state index is 0.114. The fourth-order valence-corrected chi connectivity index (χ4v) is 4.42. The molecule has 0 spiro atoms. The average Bonchev–Trinajstić information content (AvgIpc) is 3.14. The molecule has 1 saturated heterocycles. The van der Waals surface area contributed by atoms with Crippen LogP contribution in [0.5, 0.6) is 0 Å². The van der Waals surface area contributed by atoms with E-state index in [2.05, 4.69) is 48.3 Å². The molecule has 1 aliphatic heterocycles. The molecule has 3 aromatic rings. The highest BCUT2D eigenvalue weighted by molar-refractivity contribution is 7.71. The zero-order valence-corrected chi connectivity index (χ0v) is 19.1. The highest BCUT2D eigenvalue weighted by atomic mass is 32.1. The Labute approximate surface area is 189 Å². The maximum absolute atomic E-state index is 13.0. The van der Waals surface area contributed by atoms with Gasteiger partial charge in [0, 0.05) is 18.7 Å². The van der Waals surface area contributed by atoms with Crippen molar-refractivity contribution in [1.29, 1.82) is 0 Å². The number of aromatic nitrogens is 3. The largest absolute Gasteiger partial charge is 0.341 e. The van der Waals surface area contributed by atoms with Crippen LogP contribution in [-0.4, -0.2) is 38.7 Å². The van der Waals surface area contributed by atoms with Gasteiger partial charge < -0.3 is 4.90 Å². The molecule has 31 heavy (non-hydrogen) atoms. The molecule has 5 nitrogen and oxygen atoms in total. The Kier molecular flexibility index (Phi) is 6.66. The van der Waals surface area contributed by atoms with E-state index in [0.717, 1.165) is 37.9 Å². The van der Waals surface area contributed by atoms with Crippen molar-refractivity contribution in [3.05, 3.63) is 70.0 Å². The number of carbonyl (C=O) groups excluding carboxylic acids is 1. The van der Waals surface area contributed by atoms with E-state index in [4.69, 9.17) is 12.2 Å². The van der Waals surface area contributed by atoms with E-state index in [-0.39, 0.29) is 12.5 Å². The van der Waals surface area contributed by atoms with Gasteiger partial charge in [0.25, 0.3) is 0 Å². The first-order chi connectivity index (χ1) is 15.0. The summed E-state index contributed by atoms with van der Waals surface area (Å²) >= 11 is 5.40. The summed E-state index contributed by atoms with van der Waals surface area (Å²) in [5.74, 6) is 1.51. The molecule has 0 radical (unpaired) electrons. The molecule has 1 N–H and O–H groups in total. The second kappa shape index (κ2) is 9.60. The van der Waals surface area contributed by atoms with Gasteiger partial charge in [0.15, 0.2) is 10.6 Å². The van der Waals surface area contributed by atoms with Crippen molar-refractivity contribution in [2.24, 2.45) is 5.92 Å². The summed E-state index contributed by atoms with van der Waals surface area (Å²) in [6.45, 7) is 6.04. The van der Waals surface area contributed by atoms with Gasteiger partial charge in [0.2, 0.25) is 5.91 Å². The molecule has 1 amide bonds. The standard InChI is InChI=1S/C25H30N4OS/c1-18-3-7-20(8-4-18)9-10-21-13-15-28(16-14-21)23(30)17-29-24(26-27-25(29)31)22-11-5-19(2)6-12-22/h3-8,11-12,21H,9-10,13-17H2,1-2H3,(H,27,31). The lowest BCUT2D eigenvalue weighted by Gasteiger charge is -2.32. The number of amides is 1. The number of aromatic amines is 1. The molecule has 0 atom stereocenters. The Bertz CT molecular complexity index is 1070. The molecule has 0 saturated carbocycles. The fraction of sp³-hybridized carbons (Fsp3) is 0.400. The zero-order chi connectivity index (χ0) is 21.8. The van der Waals surface area contributed by atoms with Crippen LogP contribution in [0.25, 0.3) is 11.4 Å². The quantitative estimate of drug-likeness (QED) is 0.550. The van der Waals surface area contributed by atoms with Crippen molar-refractivity contribution >= 4 is 18.1 Å². The number of nitrogens with one attached hydrogen (secondary N) is 1. The first-order valence-electron chi connectivity index (χ1n) is 11.0. The third-order valence-corrected chi connectivity index (χ3v) is 6.60. The smallest absolute Gasteiger partial charge is 0.242 e. The average molecular weight is 435 g/mol. The van der Waals surface area contributed by atoms with E-state index >= 15 is 0 Å². The number of piperidine rings is 1. The number of carbonyl (C=O) groups is 1. The van der Waals surface area contributed by atoms with E-state index in [1.807, 2.05) is 33.7 Å². The monoisotopic (exact) mass is 434 g/mol. The number of nitrogens with zero attached hydrogens (tertiary/aromatic N) is 3. The molecule has 1 aromatic heterocycles. The minimum atomic E-state index is 0.114. The van der Waals surface area contributed by atoms with Crippen molar-refractivity contribution in [2.45, 2.75) is 46.1 Å². The Morgan fingerprint density at radius 3 is 2.29 bits per heavy atom. The first kappa shape index (κ1) is 21.5. The van der Waals surface area contributed by atoms with Gasteiger partial charge in [-0.3, -0.25) is 14.5 Å². The van der Waals surface area contributed by atoms with Crippen molar-refractivity contribution in [1.82, 2.24) is 19.7 Å². The number of H-pyrrole nitrogens is 1. The van der Waals surface area contributed by atoms with Crippen LogP contribution in [0.1, 0.15) is 36.0 Å². The summed E-state index contributed by atoms with van der Waals surface area (Å²) in [7, 11) is 0. The van der Waals surface area contributed by atoms with Gasteiger partial charge in [-0.2, -0.15) is 5.10 Å². The van der Waals surface area contributed by atoms with E-state index in [9.17, 15) is 4.79 Å². The second-order valence-corrected chi connectivity index (χ2v) is 9.04. The van der Waals surface area contributed by atoms with E-state index in [0.29, 0.717) is 16.5 Å². The maximum atomic E-state index is 13.0. The topological polar surface area (TPSA) is 53.9 Å². The van der Waals surface area contributed by atoms with Crippen LogP contribution in [0.15, 0.2) is 48.5 Å². The van der Waals surface area contributed by atoms with Gasteiger partial charge in [-0.15, -0.1) is 0 Å². The Hall–Kier alpha value is -2.73. The van der Waals surface area contributed by atoms with Crippen LogP contribution in [0.2, 0.25) is 0 Å². The fourth-order valence-electron chi connectivity index (χ4n) is 4.22. The van der Waals surface area contributed by atoms with E-state index < -0.39 is 0 Å². The van der Waals surface area contributed by atoms with Crippen molar-refractivity contribution in [3.63, 3.8) is 0 Å². The van der Waals surface area contributed by atoms with Crippen molar-refractivity contribution in [3.8, 4) is 11.4 Å². The third-order valence-electron chi connectivity index (χ3n) is 6.29. The molecule has 6 heteroatoms. The summed E-state index contributed by atoms with van der Waals surface area (Å²) < 4.78 is 2.29. The number of benzene rings is 2. The van der Waals surface area contributed by atoms with Gasteiger partial charge in [0.1, 0.15) is 6.54 Å². The summed E-state index contributed by atoms with van der Waals surface area (Å²) in [5.41, 5.74) is 4.85.